The van der Waals surface area contributed by atoms with Gasteiger partial charge in [0.25, 0.3) is 0 Å². The minimum atomic E-state index is -1.07. The van der Waals surface area contributed by atoms with E-state index >= 15 is 0 Å². The number of nitrogens with one attached hydrogen (secondary N) is 1. The van der Waals surface area contributed by atoms with Gasteiger partial charge >= 0.3 is 12.1 Å². The Morgan fingerprint density at radius 3 is 2.14 bits per heavy atom. The molecular formula is C17H27NO4. The maximum absolute atomic E-state index is 11.3. The van der Waals surface area contributed by atoms with Crippen molar-refractivity contribution in [2.24, 2.45) is 0 Å². The number of ether oxygens (including phenoxy) is 1. The molecule has 0 radical (unpaired) electrons. The fraction of sp³-hybridized carbons (Fsp3) is 0.529. The molecule has 1 rings (SSSR count). The number of aliphatic carboxylic acids is 1. The highest BCUT2D eigenvalue weighted by Gasteiger charge is 2.17. The Kier molecular flexibility index (Phi) is 11.5. The van der Waals surface area contributed by atoms with Crippen molar-refractivity contribution in [3.63, 3.8) is 0 Å². The van der Waals surface area contributed by atoms with E-state index < -0.39 is 18.1 Å². The number of hydrogen-bond donors (Lipinski definition) is 2. The molecule has 22 heavy (non-hydrogen) atoms. The van der Waals surface area contributed by atoms with Gasteiger partial charge < -0.3 is 15.2 Å². The van der Waals surface area contributed by atoms with Crippen LogP contribution in [0.5, 0.6) is 0 Å². The van der Waals surface area contributed by atoms with Gasteiger partial charge in [-0.3, -0.25) is 0 Å². The molecule has 124 valence electrons. The van der Waals surface area contributed by atoms with Crippen molar-refractivity contribution in [1.82, 2.24) is 5.32 Å². The van der Waals surface area contributed by atoms with Crippen LogP contribution in [0.15, 0.2) is 30.3 Å². The number of carbonyl (C=O) groups is 2. The molecule has 1 aromatic rings. The van der Waals surface area contributed by atoms with Gasteiger partial charge in [-0.15, -0.1) is 0 Å². The maximum Gasteiger partial charge on any atom is 0.408 e. The van der Waals surface area contributed by atoms with Gasteiger partial charge in [0.1, 0.15) is 12.6 Å². The number of carboxylic acid groups (broad SMARTS) is 1. The van der Waals surface area contributed by atoms with Crippen molar-refractivity contribution in [3.8, 4) is 0 Å². The van der Waals surface area contributed by atoms with Crippen molar-refractivity contribution in [2.45, 2.75) is 59.1 Å². The summed E-state index contributed by atoms with van der Waals surface area (Å²) in [5.74, 6) is -1.07. The Hall–Kier alpha value is -2.04. The molecule has 1 aromatic carbocycles. The second-order valence-corrected chi connectivity index (χ2v) is 4.86. The molecule has 1 atom stereocenters. The van der Waals surface area contributed by atoms with Crippen molar-refractivity contribution >= 4 is 12.1 Å². The number of alkyl carbamates (subject to hydrolysis) is 1. The zero-order valence-electron chi connectivity index (χ0n) is 13.7. The summed E-state index contributed by atoms with van der Waals surface area (Å²) >= 11 is 0. The first-order valence-corrected chi connectivity index (χ1v) is 7.75. The molecular weight excluding hydrogens is 282 g/mol. The van der Waals surface area contributed by atoms with Crippen LogP contribution in [0, 0.1) is 0 Å². The van der Waals surface area contributed by atoms with Crippen molar-refractivity contribution in [2.75, 3.05) is 0 Å². The zero-order valence-corrected chi connectivity index (χ0v) is 13.7. The van der Waals surface area contributed by atoms with E-state index in [0.29, 0.717) is 6.42 Å². The molecule has 0 bridgehead atoms. The van der Waals surface area contributed by atoms with Crippen LogP contribution in [0.4, 0.5) is 4.79 Å². The first-order valence-electron chi connectivity index (χ1n) is 7.75. The Balaban J connectivity index is 0.000000763. The molecule has 0 aliphatic carbocycles. The lowest BCUT2D eigenvalue weighted by molar-refractivity contribution is -0.139. The second-order valence-electron chi connectivity index (χ2n) is 4.86. The van der Waals surface area contributed by atoms with Gasteiger partial charge in [-0.1, -0.05) is 70.4 Å². The molecule has 0 fully saturated rings. The van der Waals surface area contributed by atoms with E-state index in [0.717, 1.165) is 5.56 Å². The smallest absolute Gasteiger partial charge is 0.408 e. The van der Waals surface area contributed by atoms with Gasteiger partial charge in [0.05, 0.1) is 0 Å². The molecule has 0 aromatic heterocycles. The van der Waals surface area contributed by atoms with Crippen molar-refractivity contribution < 1.29 is 19.4 Å². The first kappa shape index (κ1) is 20.0. The summed E-state index contributed by atoms with van der Waals surface area (Å²) in [6, 6.07) is 8.27. The number of carboxylic acids is 1. The molecule has 0 heterocycles. The maximum atomic E-state index is 11.3. The second kappa shape index (κ2) is 12.7. The van der Waals surface area contributed by atoms with Gasteiger partial charge in [-0.2, -0.15) is 0 Å². The lowest BCUT2D eigenvalue weighted by Gasteiger charge is -2.12. The molecule has 1 amide bonds. The third-order valence-electron chi connectivity index (χ3n) is 2.92. The number of benzene rings is 1. The summed E-state index contributed by atoms with van der Waals surface area (Å²) < 4.78 is 4.90. The van der Waals surface area contributed by atoms with Crippen LogP contribution in [0.25, 0.3) is 0 Å². The standard InChI is InChI=1S/C12H15NO4.C5H12/c1-2-10(11(14)15)13-12(16)17-8-9-6-4-3-5-7-9;1-3-5-4-2/h3-7,10H,2,8H2,1H3,(H,13,16)(H,14,15);3-5H2,1-2H3. The molecule has 0 aliphatic rings. The summed E-state index contributed by atoms with van der Waals surface area (Å²) in [6.07, 6.45) is 3.67. The van der Waals surface area contributed by atoms with Crippen LogP contribution in [-0.4, -0.2) is 23.2 Å². The number of rotatable bonds is 7. The third-order valence-corrected chi connectivity index (χ3v) is 2.92. The Bertz CT molecular complexity index is 418. The summed E-state index contributed by atoms with van der Waals surface area (Å²) in [7, 11) is 0. The molecule has 1 unspecified atom stereocenters. The van der Waals surface area contributed by atoms with Crippen molar-refractivity contribution in [1.29, 1.82) is 0 Å². The summed E-state index contributed by atoms with van der Waals surface area (Å²) in [5.41, 5.74) is 0.853. The van der Waals surface area contributed by atoms with Crippen molar-refractivity contribution in [3.05, 3.63) is 35.9 Å². The molecule has 0 saturated heterocycles. The van der Waals surface area contributed by atoms with Gasteiger partial charge in [0.2, 0.25) is 0 Å². The number of unbranched alkanes of at least 4 members (excludes halogenated alkanes) is 2. The Labute approximate surface area is 132 Å². The summed E-state index contributed by atoms with van der Waals surface area (Å²) in [6.45, 7) is 6.23. The van der Waals surface area contributed by atoms with E-state index in [1.165, 1.54) is 19.3 Å². The average molecular weight is 309 g/mol. The molecule has 0 spiro atoms. The fourth-order valence-electron chi connectivity index (χ4n) is 1.60. The molecule has 2 N–H and O–H groups in total. The van der Waals surface area contributed by atoms with E-state index in [2.05, 4.69) is 19.2 Å². The van der Waals surface area contributed by atoms with Crippen LogP contribution < -0.4 is 5.32 Å². The predicted molar refractivity (Wildman–Crippen MR) is 86.7 cm³/mol. The van der Waals surface area contributed by atoms with E-state index in [1.807, 2.05) is 30.3 Å². The SMILES string of the molecule is CCC(NC(=O)OCc1ccccc1)C(=O)O.CCCCC. The fourth-order valence-corrected chi connectivity index (χ4v) is 1.60. The van der Waals surface area contributed by atoms with Gasteiger partial charge in [-0.05, 0) is 12.0 Å². The molecule has 5 nitrogen and oxygen atoms in total. The van der Waals surface area contributed by atoms with E-state index in [-0.39, 0.29) is 6.61 Å². The monoisotopic (exact) mass is 309 g/mol. The highest BCUT2D eigenvalue weighted by atomic mass is 16.5. The molecule has 0 saturated carbocycles. The van der Waals surface area contributed by atoms with Crippen LogP contribution in [0.1, 0.15) is 52.0 Å². The lowest BCUT2D eigenvalue weighted by atomic mass is 10.2. The number of carbonyl (C=O) groups excluding carboxylic acids is 1. The summed E-state index contributed by atoms with van der Waals surface area (Å²) in [5, 5.41) is 11.0. The van der Waals surface area contributed by atoms with Gasteiger partial charge in [-0.25, -0.2) is 9.59 Å². The Morgan fingerprint density at radius 2 is 1.73 bits per heavy atom. The summed E-state index contributed by atoms with van der Waals surface area (Å²) in [4.78, 5) is 22.0. The molecule has 0 aliphatic heterocycles. The van der Waals surface area contributed by atoms with Crippen LogP contribution in [0.3, 0.4) is 0 Å². The Morgan fingerprint density at radius 1 is 1.14 bits per heavy atom. The minimum absolute atomic E-state index is 0.128. The van der Waals surface area contributed by atoms with Crippen LogP contribution >= 0.6 is 0 Å². The van der Waals surface area contributed by atoms with Crippen LogP contribution in [0.2, 0.25) is 0 Å². The largest absolute Gasteiger partial charge is 0.480 e. The predicted octanol–water partition coefficient (Wildman–Crippen LogP) is 3.97. The van der Waals surface area contributed by atoms with E-state index in [9.17, 15) is 9.59 Å². The lowest BCUT2D eigenvalue weighted by Crippen LogP contribution is -2.40. The number of hydrogen-bond acceptors (Lipinski definition) is 3. The third kappa shape index (κ3) is 9.80. The first-order chi connectivity index (χ1) is 10.5. The average Bonchev–Trinajstić information content (AvgIpc) is 2.52. The quantitative estimate of drug-likeness (QED) is 0.799. The van der Waals surface area contributed by atoms with Gasteiger partial charge in [0.15, 0.2) is 0 Å². The number of amides is 1. The minimum Gasteiger partial charge on any atom is -0.480 e. The zero-order chi connectivity index (χ0) is 16.8. The highest BCUT2D eigenvalue weighted by Crippen LogP contribution is 2.01. The molecule has 5 heteroatoms. The highest BCUT2D eigenvalue weighted by molar-refractivity contribution is 5.79. The topological polar surface area (TPSA) is 75.6 Å². The van der Waals surface area contributed by atoms with E-state index in [4.69, 9.17) is 9.84 Å². The normalized spacial score (nSPS) is 10.9. The van der Waals surface area contributed by atoms with E-state index in [1.54, 1.807) is 6.92 Å². The van der Waals surface area contributed by atoms with Gasteiger partial charge in [0, 0.05) is 0 Å². The van der Waals surface area contributed by atoms with Crippen LogP contribution in [-0.2, 0) is 16.1 Å².